The van der Waals surface area contributed by atoms with Crippen molar-refractivity contribution in [1.29, 1.82) is 0 Å². The molecule has 132 valence electrons. The van der Waals surface area contributed by atoms with Crippen molar-refractivity contribution in [2.24, 2.45) is 0 Å². The predicted molar refractivity (Wildman–Crippen MR) is 104 cm³/mol. The first-order valence-corrected chi connectivity index (χ1v) is 10.5. The van der Waals surface area contributed by atoms with Gasteiger partial charge in [0.15, 0.2) is 0 Å². The lowest BCUT2D eigenvalue weighted by Gasteiger charge is -2.15. The van der Waals surface area contributed by atoms with Crippen LogP contribution in [0.25, 0.3) is 0 Å². The maximum Gasteiger partial charge on any atom is 0.251 e. The Hall–Kier alpha value is -1.79. The second-order valence-corrected chi connectivity index (χ2v) is 8.14. The van der Waals surface area contributed by atoms with Crippen molar-refractivity contribution in [2.45, 2.75) is 25.1 Å². The summed E-state index contributed by atoms with van der Waals surface area (Å²) in [5.41, 5.74) is 1.73. The monoisotopic (exact) mass is 374 g/mol. The fraction of sp³-hybridized carbons (Fsp3) is 0.368. The molecule has 0 spiro atoms. The van der Waals surface area contributed by atoms with E-state index >= 15 is 0 Å². The fourth-order valence-corrected chi connectivity index (χ4v) is 4.46. The van der Waals surface area contributed by atoms with E-state index in [0.717, 1.165) is 30.0 Å². The highest BCUT2D eigenvalue weighted by molar-refractivity contribution is 7.98. The number of rotatable bonds is 8. The first-order valence-electron chi connectivity index (χ1n) is 8.47. The lowest BCUT2D eigenvalue weighted by Crippen LogP contribution is -2.26. The van der Waals surface area contributed by atoms with Crippen LogP contribution in [0, 0.1) is 0 Å². The molecule has 2 aromatic rings. The smallest absolute Gasteiger partial charge is 0.251 e. The van der Waals surface area contributed by atoms with Gasteiger partial charge in [0.25, 0.3) is 5.91 Å². The second kappa shape index (κ2) is 9.06. The number of thiophene rings is 1. The number of nitrogens with zero attached hydrogens (tertiary/aromatic N) is 1. The van der Waals surface area contributed by atoms with Crippen LogP contribution in [0.3, 0.4) is 0 Å². The van der Waals surface area contributed by atoms with E-state index in [2.05, 4.69) is 22.8 Å². The topological polar surface area (TPSA) is 49.4 Å². The third-order valence-electron chi connectivity index (χ3n) is 4.12. The quantitative estimate of drug-likeness (QED) is 0.719. The zero-order valence-electron chi connectivity index (χ0n) is 14.1. The van der Waals surface area contributed by atoms with Gasteiger partial charge < -0.3 is 10.2 Å². The van der Waals surface area contributed by atoms with E-state index in [1.54, 1.807) is 11.3 Å². The van der Waals surface area contributed by atoms with Gasteiger partial charge in [-0.2, -0.15) is 11.8 Å². The Kier molecular flexibility index (Phi) is 6.53. The van der Waals surface area contributed by atoms with Gasteiger partial charge in [-0.3, -0.25) is 9.59 Å². The lowest BCUT2D eigenvalue weighted by molar-refractivity contribution is -0.128. The Morgan fingerprint density at radius 1 is 1.24 bits per heavy atom. The average Bonchev–Trinajstić information content (AvgIpc) is 3.27. The fourth-order valence-electron chi connectivity index (χ4n) is 2.76. The zero-order valence-corrected chi connectivity index (χ0v) is 15.7. The summed E-state index contributed by atoms with van der Waals surface area (Å²) < 4.78 is 0. The van der Waals surface area contributed by atoms with Crippen molar-refractivity contribution in [3.8, 4) is 0 Å². The van der Waals surface area contributed by atoms with E-state index in [9.17, 15) is 9.59 Å². The molecule has 6 heteroatoms. The molecular formula is C19H22N2O2S2. The van der Waals surface area contributed by atoms with Crippen LogP contribution in [0.5, 0.6) is 0 Å². The number of carbonyl (C=O) groups is 2. The van der Waals surface area contributed by atoms with Crippen LogP contribution < -0.4 is 5.32 Å². The van der Waals surface area contributed by atoms with Gasteiger partial charge in [0.05, 0.1) is 0 Å². The Balaban J connectivity index is 1.39. The molecular weight excluding hydrogens is 352 g/mol. The molecule has 1 aromatic heterocycles. The van der Waals surface area contributed by atoms with E-state index in [1.807, 2.05) is 40.9 Å². The maximum atomic E-state index is 12.2. The summed E-state index contributed by atoms with van der Waals surface area (Å²) in [6, 6.07) is 11.7. The average molecular weight is 375 g/mol. The van der Waals surface area contributed by atoms with Crippen molar-refractivity contribution in [1.82, 2.24) is 10.2 Å². The number of thioether (sulfide) groups is 1. The summed E-state index contributed by atoms with van der Waals surface area (Å²) in [5, 5.41) is 5.04. The van der Waals surface area contributed by atoms with Gasteiger partial charge in [-0.15, -0.1) is 11.3 Å². The molecule has 4 nitrogen and oxygen atoms in total. The van der Waals surface area contributed by atoms with Crippen LogP contribution in [-0.2, 0) is 17.1 Å². The third kappa shape index (κ3) is 5.34. The number of hydrogen-bond acceptors (Lipinski definition) is 4. The summed E-state index contributed by atoms with van der Waals surface area (Å²) >= 11 is 3.59. The Labute approximate surface area is 156 Å². The van der Waals surface area contributed by atoms with E-state index < -0.39 is 0 Å². The van der Waals surface area contributed by atoms with E-state index in [1.165, 1.54) is 4.88 Å². The number of carbonyl (C=O) groups excluding carboxylic acids is 2. The molecule has 0 unspecified atom stereocenters. The molecule has 1 aliphatic rings. The van der Waals surface area contributed by atoms with Gasteiger partial charge in [-0.25, -0.2) is 0 Å². The van der Waals surface area contributed by atoms with Crippen molar-refractivity contribution in [3.63, 3.8) is 0 Å². The van der Waals surface area contributed by atoms with E-state index in [4.69, 9.17) is 0 Å². The van der Waals surface area contributed by atoms with Crippen LogP contribution in [0.4, 0.5) is 0 Å². The third-order valence-corrected chi connectivity index (χ3v) is 6.18. The summed E-state index contributed by atoms with van der Waals surface area (Å²) in [5.74, 6) is 2.08. The van der Waals surface area contributed by atoms with Gasteiger partial charge in [0.1, 0.15) is 0 Å². The minimum atomic E-state index is -0.0412. The van der Waals surface area contributed by atoms with Gasteiger partial charge in [0, 0.05) is 48.0 Å². The normalized spacial score (nSPS) is 14.1. The molecule has 0 radical (unpaired) electrons. The minimum absolute atomic E-state index is 0.0412. The molecule has 0 atom stereocenters. The molecule has 0 saturated carbocycles. The lowest BCUT2D eigenvalue weighted by atomic mass is 10.1. The number of benzene rings is 1. The molecule has 1 saturated heterocycles. The second-order valence-electron chi connectivity index (χ2n) is 6.00. The highest BCUT2D eigenvalue weighted by Gasteiger charge is 2.19. The van der Waals surface area contributed by atoms with Gasteiger partial charge in [-0.05, 0) is 35.6 Å². The summed E-state index contributed by atoms with van der Waals surface area (Å²) in [6.45, 7) is 2.14. The molecule has 2 amide bonds. The summed E-state index contributed by atoms with van der Waals surface area (Å²) in [7, 11) is 0. The Morgan fingerprint density at radius 3 is 2.76 bits per heavy atom. The Morgan fingerprint density at radius 2 is 2.08 bits per heavy atom. The first-order chi connectivity index (χ1) is 12.2. The van der Waals surface area contributed by atoms with Crippen LogP contribution in [0.15, 0.2) is 41.8 Å². The standard InChI is InChI=1S/C19H22N2O2S2/c22-18-4-1-10-21(18)13-15-5-7-16(8-6-15)19(23)20-9-12-24-14-17-3-2-11-25-17/h2-3,5-8,11H,1,4,9-10,12-14H2,(H,20,23). The molecule has 3 rings (SSSR count). The molecule has 1 N–H and O–H groups in total. The molecule has 1 aliphatic heterocycles. The number of amides is 2. The highest BCUT2D eigenvalue weighted by atomic mass is 32.2. The van der Waals surface area contributed by atoms with Crippen LogP contribution in [0.1, 0.15) is 33.6 Å². The van der Waals surface area contributed by atoms with Crippen molar-refractivity contribution < 1.29 is 9.59 Å². The molecule has 1 aromatic carbocycles. The molecule has 0 aliphatic carbocycles. The van der Waals surface area contributed by atoms with Gasteiger partial charge in [0.2, 0.25) is 5.91 Å². The van der Waals surface area contributed by atoms with Gasteiger partial charge >= 0.3 is 0 Å². The largest absolute Gasteiger partial charge is 0.351 e. The predicted octanol–water partition coefficient (Wildman–Crippen LogP) is 3.53. The Bertz CT molecular complexity index is 699. The van der Waals surface area contributed by atoms with Crippen LogP contribution in [0.2, 0.25) is 0 Å². The number of nitrogens with one attached hydrogen (secondary N) is 1. The maximum absolute atomic E-state index is 12.2. The highest BCUT2D eigenvalue weighted by Crippen LogP contribution is 2.17. The van der Waals surface area contributed by atoms with Crippen LogP contribution >= 0.6 is 23.1 Å². The van der Waals surface area contributed by atoms with E-state index in [-0.39, 0.29) is 11.8 Å². The molecule has 2 heterocycles. The molecule has 0 bridgehead atoms. The van der Waals surface area contributed by atoms with Crippen molar-refractivity contribution in [2.75, 3.05) is 18.8 Å². The first kappa shape index (κ1) is 18.0. The van der Waals surface area contributed by atoms with E-state index in [0.29, 0.717) is 25.1 Å². The van der Waals surface area contributed by atoms with Crippen molar-refractivity contribution in [3.05, 3.63) is 57.8 Å². The van der Waals surface area contributed by atoms with Gasteiger partial charge in [-0.1, -0.05) is 18.2 Å². The molecule has 25 heavy (non-hydrogen) atoms. The SMILES string of the molecule is O=C(NCCSCc1cccs1)c1ccc(CN2CCCC2=O)cc1. The summed E-state index contributed by atoms with van der Waals surface area (Å²) in [6.07, 6.45) is 1.61. The molecule has 1 fully saturated rings. The van der Waals surface area contributed by atoms with Crippen LogP contribution in [-0.4, -0.2) is 35.6 Å². The number of hydrogen-bond donors (Lipinski definition) is 1. The van der Waals surface area contributed by atoms with Crippen molar-refractivity contribution >= 4 is 34.9 Å². The minimum Gasteiger partial charge on any atom is -0.351 e. The number of likely N-dealkylation sites (tertiary alicyclic amines) is 1. The zero-order chi connectivity index (χ0) is 17.5. The summed E-state index contributed by atoms with van der Waals surface area (Å²) in [4.78, 5) is 27.1.